The highest BCUT2D eigenvalue weighted by atomic mass is 35.5. The average Bonchev–Trinajstić information content (AvgIpc) is 2.59. The van der Waals surface area contributed by atoms with E-state index in [2.05, 4.69) is 5.32 Å². The zero-order valence-electron chi connectivity index (χ0n) is 13.3. The van der Waals surface area contributed by atoms with E-state index >= 15 is 0 Å². The van der Waals surface area contributed by atoms with E-state index in [1.807, 2.05) is 37.3 Å². The maximum absolute atomic E-state index is 14.2. The number of rotatable bonds is 4. The average molecular weight is 343 g/mol. The van der Waals surface area contributed by atoms with Crippen molar-refractivity contribution in [3.8, 4) is 6.07 Å². The molecule has 2 rings (SSSR count). The predicted octanol–water partition coefficient (Wildman–Crippen LogP) is 4.57. The van der Waals surface area contributed by atoms with Crippen molar-refractivity contribution in [2.24, 2.45) is 0 Å². The topological polar surface area (TPSA) is 52.9 Å². The lowest BCUT2D eigenvalue weighted by atomic mass is 10.1. The Labute approximate surface area is 145 Å². The number of nitriles is 1. The molecule has 0 heterocycles. The fourth-order valence-corrected chi connectivity index (χ4v) is 2.40. The minimum atomic E-state index is -0.578. The van der Waals surface area contributed by atoms with Gasteiger partial charge < -0.3 is 5.32 Å². The van der Waals surface area contributed by atoms with Gasteiger partial charge in [0.1, 0.15) is 17.5 Å². The molecule has 0 unspecified atom stereocenters. The zero-order chi connectivity index (χ0) is 17.7. The molecule has 2 aromatic rings. The number of halogens is 2. The number of nitrogens with zero attached hydrogens (tertiary/aromatic N) is 1. The number of aryl methyl sites for hydroxylation is 1. The molecule has 0 aromatic heterocycles. The third-order valence-electron chi connectivity index (χ3n) is 3.62. The van der Waals surface area contributed by atoms with E-state index in [-0.39, 0.29) is 22.2 Å². The Morgan fingerprint density at radius 2 is 1.96 bits per heavy atom. The van der Waals surface area contributed by atoms with Gasteiger partial charge in [-0.15, -0.1) is 0 Å². The number of amides is 1. The highest BCUT2D eigenvalue weighted by Gasteiger charge is 2.16. The van der Waals surface area contributed by atoms with Crippen molar-refractivity contribution >= 4 is 23.6 Å². The highest BCUT2D eigenvalue weighted by Crippen LogP contribution is 2.24. The quantitative estimate of drug-likeness (QED) is 0.653. The molecule has 0 fully saturated rings. The number of carbonyl (C=O) groups is 1. The lowest BCUT2D eigenvalue weighted by Gasteiger charge is -2.14. The van der Waals surface area contributed by atoms with Crippen LogP contribution in [0, 0.1) is 24.1 Å². The van der Waals surface area contributed by atoms with Gasteiger partial charge in [0.05, 0.1) is 11.1 Å². The van der Waals surface area contributed by atoms with E-state index in [0.717, 1.165) is 5.56 Å². The monoisotopic (exact) mass is 342 g/mol. The first-order chi connectivity index (χ1) is 11.4. The Balaban J connectivity index is 2.27. The lowest BCUT2D eigenvalue weighted by molar-refractivity contribution is -0.117. The van der Waals surface area contributed by atoms with Gasteiger partial charge in [-0.25, -0.2) is 4.39 Å². The maximum atomic E-state index is 14.2. The Bertz CT molecular complexity index is 825. The van der Waals surface area contributed by atoms with Crippen molar-refractivity contribution < 1.29 is 9.18 Å². The summed E-state index contributed by atoms with van der Waals surface area (Å²) in [5.74, 6) is -1.12. The van der Waals surface area contributed by atoms with Crippen molar-refractivity contribution in [3.05, 3.63) is 75.6 Å². The van der Waals surface area contributed by atoms with Gasteiger partial charge in [-0.05, 0) is 37.1 Å². The number of benzene rings is 2. The first kappa shape index (κ1) is 17.7. The Morgan fingerprint density at radius 3 is 2.58 bits per heavy atom. The van der Waals surface area contributed by atoms with Gasteiger partial charge in [-0.1, -0.05) is 48.0 Å². The molecule has 0 bridgehead atoms. The molecule has 0 saturated carbocycles. The van der Waals surface area contributed by atoms with E-state index in [1.165, 1.54) is 12.1 Å². The van der Waals surface area contributed by atoms with Crippen molar-refractivity contribution in [1.82, 2.24) is 5.32 Å². The van der Waals surface area contributed by atoms with Gasteiger partial charge in [0, 0.05) is 5.56 Å². The Morgan fingerprint density at radius 1 is 1.29 bits per heavy atom. The summed E-state index contributed by atoms with van der Waals surface area (Å²) >= 11 is 5.98. The van der Waals surface area contributed by atoms with Crippen LogP contribution in [0.25, 0.3) is 6.08 Å². The molecule has 122 valence electrons. The highest BCUT2D eigenvalue weighted by molar-refractivity contribution is 6.32. The second-order valence-electron chi connectivity index (χ2n) is 5.37. The van der Waals surface area contributed by atoms with Crippen LogP contribution >= 0.6 is 11.6 Å². The molecule has 0 aliphatic heterocycles. The minimum Gasteiger partial charge on any atom is -0.345 e. The van der Waals surface area contributed by atoms with E-state index in [4.69, 9.17) is 11.6 Å². The molecule has 1 atom stereocenters. The van der Waals surface area contributed by atoms with Crippen LogP contribution in [0.4, 0.5) is 4.39 Å². The van der Waals surface area contributed by atoms with Gasteiger partial charge in [-0.3, -0.25) is 4.79 Å². The zero-order valence-corrected chi connectivity index (χ0v) is 14.1. The van der Waals surface area contributed by atoms with Crippen LogP contribution in [-0.2, 0) is 4.79 Å². The number of hydrogen-bond acceptors (Lipinski definition) is 2. The molecule has 3 nitrogen and oxygen atoms in total. The van der Waals surface area contributed by atoms with Crippen molar-refractivity contribution in [2.75, 3.05) is 0 Å². The van der Waals surface area contributed by atoms with E-state index in [0.29, 0.717) is 5.56 Å². The Hall–Kier alpha value is -2.64. The van der Waals surface area contributed by atoms with Crippen molar-refractivity contribution in [2.45, 2.75) is 19.9 Å². The summed E-state index contributed by atoms with van der Waals surface area (Å²) in [6.07, 6.45) is 1.18. The van der Waals surface area contributed by atoms with Crippen LogP contribution in [0.5, 0.6) is 0 Å². The molecule has 2 aromatic carbocycles. The van der Waals surface area contributed by atoms with E-state index < -0.39 is 11.7 Å². The Kier molecular flexibility index (Phi) is 5.73. The van der Waals surface area contributed by atoms with Crippen LogP contribution in [0.1, 0.15) is 29.7 Å². The molecular formula is C19H16ClFN2O. The summed E-state index contributed by atoms with van der Waals surface area (Å²) in [6, 6.07) is 13.9. The second kappa shape index (κ2) is 7.76. The molecule has 1 N–H and O–H groups in total. The first-order valence-corrected chi connectivity index (χ1v) is 7.74. The maximum Gasteiger partial charge on any atom is 0.262 e. The van der Waals surface area contributed by atoms with Crippen molar-refractivity contribution in [1.29, 1.82) is 5.26 Å². The summed E-state index contributed by atoms with van der Waals surface area (Å²) in [7, 11) is 0. The second-order valence-corrected chi connectivity index (χ2v) is 5.77. The molecule has 0 aliphatic rings. The van der Waals surface area contributed by atoms with Gasteiger partial charge in [0.2, 0.25) is 0 Å². The molecule has 24 heavy (non-hydrogen) atoms. The standard InChI is InChI=1S/C19H16ClFN2O/c1-12-8-9-17(20)16(18(12)21)10-15(11-22)19(24)23-13(2)14-6-4-3-5-7-14/h3-10,13H,1-2H3,(H,23,24)/t13-/m0/s1. The summed E-state index contributed by atoms with van der Waals surface area (Å²) < 4.78 is 14.2. The summed E-state index contributed by atoms with van der Waals surface area (Å²) in [5, 5.41) is 12.1. The SMILES string of the molecule is Cc1ccc(Cl)c(C=C(C#N)C(=O)N[C@@H](C)c2ccccc2)c1F. The van der Waals surface area contributed by atoms with Crippen molar-refractivity contribution in [3.63, 3.8) is 0 Å². The summed E-state index contributed by atoms with van der Waals surface area (Å²) in [4.78, 5) is 12.3. The third kappa shape index (κ3) is 4.01. The molecule has 0 radical (unpaired) electrons. The molecule has 0 aliphatic carbocycles. The smallest absolute Gasteiger partial charge is 0.262 e. The molecule has 1 amide bonds. The molecule has 0 spiro atoms. The fraction of sp³-hybridized carbons (Fsp3) is 0.158. The van der Waals surface area contributed by atoms with E-state index in [9.17, 15) is 14.4 Å². The minimum absolute atomic E-state index is 0.0377. The normalized spacial score (nSPS) is 12.4. The fourth-order valence-electron chi connectivity index (χ4n) is 2.20. The first-order valence-electron chi connectivity index (χ1n) is 7.36. The van der Waals surface area contributed by atoms with Gasteiger partial charge in [0.15, 0.2) is 0 Å². The van der Waals surface area contributed by atoms with Crippen LogP contribution in [0.2, 0.25) is 5.02 Å². The van der Waals surface area contributed by atoms with Crippen LogP contribution in [0.3, 0.4) is 0 Å². The number of carbonyl (C=O) groups excluding carboxylic acids is 1. The number of nitrogens with one attached hydrogen (secondary N) is 1. The van der Waals surface area contributed by atoms with Crippen LogP contribution < -0.4 is 5.32 Å². The van der Waals surface area contributed by atoms with Gasteiger partial charge in [0.25, 0.3) is 5.91 Å². The molecular weight excluding hydrogens is 327 g/mol. The molecule has 0 saturated heterocycles. The summed E-state index contributed by atoms with van der Waals surface area (Å²) in [5.41, 5.74) is 1.13. The predicted molar refractivity (Wildman–Crippen MR) is 92.7 cm³/mol. The summed E-state index contributed by atoms with van der Waals surface area (Å²) in [6.45, 7) is 3.40. The third-order valence-corrected chi connectivity index (χ3v) is 3.95. The molecule has 5 heteroatoms. The largest absolute Gasteiger partial charge is 0.345 e. The van der Waals surface area contributed by atoms with Gasteiger partial charge >= 0.3 is 0 Å². The van der Waals surface area contributed by atoms with Gasteiger partial charge in [-0.2, -0.15) is 5.26 Å². The van der Waals surface area contributed by atoms with E-state index in [1.54, 1.807) is 19.1 Å². The van der Waals surface area contributed by atoms with Crippen LogP contribution in [-0.4, -0.2) is 5.91 Å². The lowest BCUT2D eigenvalue weighted by Crippen LogP contribution is -2.27. The number of hydrogen-bond donors (Lipinski definition) is 1. The van der Waals surface area contributed by atoms with Crippen LogP contribution in [0.15, 0.2) is 48.0 Å².